The smallest absolute Gasteiger partial charge is 0.0547 e. The van der Waals surface area contributed by atoms with Crippen LogP contribution < -0.4 is 0 Å². The predicted octanol–water partition coefficient (Wildman–Crippen LogP) is 4.44. The number of halogens is 2. The second kappa shape index (κ2) is 5.68. The molecule has 0 aliphatic carbocycles. The second-order valence-corrected chi connectivity index (χ2v) is 3.37. The minimum atomic E-state index is 0.658. The first-order chi connectivity index (χ1) is 5.11. The van der Waals surface area contributed by atoms with E-state index in [1.807, 2.05) is 6.08 Å². The van der Waals surface area contributed by atoms with Crippen molar-refractivity contribution in [1.29, 1.82) is 0 Å². The minimum Gasteiger partial charge on any atom is -0.0878 e. The van der Waals surface area contributed by atoms with Crippen molar-refractivity contribution < 1.29 is 0 Å². The molecule has 0 nitrogen and oxygen atoms in total. The predicted molar refractivity (Wildman–Crippen MR) is 53.1 cm³/mol. The zero-order chi connectivity index (χ0) is 8.85. The monoisotopic (exact) mass is 192 g/mol. The maximum absolute atomic E-state index is 5.84. The van der Waals surface area contributed by atoms with Crippen LogP contribution in [0.2, 0.25) is 0 Å². The van der Waals surface area contributed by atoms with Crippen molar-refractivity contribution in [1.82, 2.24) is 0 Å². The molecule has 0 rings (SSSR count). The number of rotatable bonds is 3. The third-order valence-corrected chi connectivity index (χ3v) is 2.26. The van der Waals surface area contributed by atoms with E-state index in [1.165, 1.54) is 5.57 Å². The summed E-state index contributed by atoms with van der Waals surface area (Å²) >= 11 is 11.5. The Morgan fingerprint density at radius 1 is 1.18 bits per heavy atom. The SMILES string of the molecule is CCC(=C/C(Cl)=C(\C)Cl)CC. The van der Waals surface area contributed by atoms with E-state index in [2.05, 4.69) is 13.8 Å². The van der Waals surface area contributed by atoms with Crippen molar-refractivity contribution in [2.45, 2.75) is 33.6 Å². The highest BCUT2D eigenvalue weighted by atomic mass is 35.5. The highest BCUT2D eigenvalue weighted by Gasteiger charge is 1.94. The first-order valence-electron chi connectivity index (χ1n) is 3.83. The molecule has 0 saturated carbocycles. The van der Waals surface area contributed by atoms with Gasteiger partial charge in [0.1, 0.15) is 0 Å². The van der Waals surface area contributed by atoms with Gasteiger partial charge in [-0.25, -0.2) is 0 Å². The average molecular weight is 193 g/mol. The van der Waals surface area contributed by atoms with Crippen LogP contribution in [-0.4, -0.2) is 0 Å². The summed E-state index contributed by atoms with van der Waals surface area (Å²) in [5, 5.41) is 1.32. The van der Waals surface area contributed by atoms with Gasteiger partial charge >= 0.3 is 0 Å². The lowest BCUT2D eigenvalue weighted by Gasteiger charge is -1.99. The molecule has 0 bridgehead atoms. The Bertz CT molecular complexity index is 168. The van der Waals surface area contributed by atoms with Crippen LogP contribution in [0, 0.1) is 0 Å². The molecule has 11 heavy (non-hydrogen) atoms. The molecule has 0 heterocycles. The zero-order valence-electron chi connectivity index (χ0n) is 7.25. The Morgan fingerprint density at radius 3 is 1.91 bits per heavy atom. The Balaban J connectivity index is 4.39. The second-order valence-electron chi connectivity index (χ2n) is 2.39. The van der Waals surface area contributed by atoms with Gasteiger partial charge in [0, 0.05) is 5.03 Å². The van der Waals surface area contributed by atoms with E-state index >= 15 is 0 Å². The van der Waals surface area contributed by atoms with Gasteiger partial charge in [-0.15, -0.1) is 0 Å². The normalized spacial score (nSPS) is 12.5. The minimum absolute atomic E-state index is 0.658. The highest BCUT2D eigenvalue weighted by Crippen LogP contribution is 2.18. The van der Waals surface area contributed by atoms with E-state index in [4.69, 9.17) is 23.2 Å². The molecular weight excluding hydrogens is 179 g/mol. The van der Waals surface area contributed by atoms with Crippen LogP contribution in [-0.2, 0) is 0 Å². The van der Waals surface area contributed by atoms with Gasteiger partial charge in [-0.2, -0.15) is 0 Å². The third kappa shape index (κ3) is 4.49. The average Bonchev–Trinajstić information content (AvgIpc) is 1.99. The molecule has 2 heteroatoms. The Hall–Kier alpha value is 0.0600. The highest BCUT2D eigenvalue weighted by molar-refractivity contribution is 6.39. The van der Waals surface area contributed by atoms with Crippen LogP contribution in [0.4, 0.5) is 0 Å². The number of allylic oxidation sites excluding steroid dienone is 4. The first kappa shape index (κ1) is 11.1. The number of hydrogen-bond acceptors (Lipinski definition) is 0. The lowest BCUT2D eigenvalue weighted by molar-refractivity contribution is 0.977. The van der Waals surface area contributed by atoms with Crippen LogP contribution >= 0.6 is 23.2 Å². The van der Waals surface area contributed by atoms with Gasteiger partial charge in [0.25, 0.3) is 0 Å². The quantitative estimate of drug-likeness (QED) is 0.581. The van der Waals surface area contributed by atoms with Crippen LogP contribution in [0.1, 0.15) is 33.6 Å². The molecule has 64 valence electrons. The van der Waals surface area contributed by atoms with E-state index in [0.717, 1.165) is 12.8 Å². The lowest BCUT2D eigenvalue weighted by atomic mass is 10.1. The molecule has 0 aromatic carbocycles. The molecule has 0 aliphatic heterocycles. The molecule has 0 amide bonds. The summed E-state index contributed by atoms with van der Waals surface area (Å²) in [6.07, 6.45) is 4.03. The van der Waals surface area contributed by atoms with Crippen molar-refractivity contribution in [3.63, 3.8) is 0 Å². The van der Waals surface area contributed by atoms with Gasteiger partial charge < -0.3 is 0 Å². The van der Waals surface area contributed by atoms with Crippen molar-refractivity contribution in [3.8, 4) is 0 Å². The summed E-state index contributed by atoms with van der Waals surface area (Å²) in [5.74, 6) is 0. The molecule has 0 unspecified atom stereocenters. The maximum Gasteiger partial charge on any atom is 0.0547 e. The summed E-state index contributed by atoms with van der Waals surface area (Å²) in [4.78, 5) is 0. The van der Waals surface area contributed by atoms with Crippen molar-refractivity contribution in [2.24, 2.45) is 0 Å². The van der Waals surface area contributed by atoms with E-state index < -0.39 is 0 Å². The molecule has 0 fully saturated rings. The molecule has 0 atom stereocenters. The van der Waals surface area contributed by atoms with Crippen molar-refractivity contribution >= 4 is 23.2 Å². The van der Waals surface area contributed by atoms with Crippen LogP contribution in [0.5, 0.6) is 0 Å². The summed E-state index contributed by atoms with van der Waals surface area (Å²) in [7, 11) is 0. The van der Waals surface area contributed by atoms with Crippen molar-refractivity contribution in [2.75, 3.05) is 0 Å². The van der Waals surface area contributed by atoms with Gasteiger partial charge in [0.05, 0.1) is 5.03 Å². The van der Waals surface area contributed by atoms with Crippen LogP contribution in [0.3, 0.4) is 0 Å². The van der Waals surface area contributed by atoms with E-state index in [-0.39, 0.29) is 0 Å². The van der Waals surface area contributed by atoms with Crippen molar-refractivity contribution in [3.05, 3.63) is 21.7 Å². The first-order valence-corrected chi connectivity index (χ1v) is 4.58. The molecule has 0 aliphatic rings. The van der Waals surface area contributed by atoms with E-state index in [1.54, 1.807) is 6.92 Å². The fourth-order valence-corrected chi connectivity index (χ4v) is 0.942. The van der Waals surface area contributed by atoms with Gasteiger partial charge in [0.2, 0.25) is 0 Å². The maximum atomic E-state index is 5.84. The Kier molecular flexibility index (Phi) is 5.71. The van der Waals surface area contributed by atoms with Gasteiger partial charge in [-0.3, -0.25) is 0 Å². The topological polar surface area (TPSA) is 0 Å². The Morgan fingerprint density at radius 2 is 1.64 bits per heavy atom. The molecular formula is C9H14Cl2. The fourth-order valence-electron chi connectivity index (χ4n) is 0.733. The summed E-state index contributed by atoms with van der Waals surface area (Å²) < 4.78 is 0. The van der Waals surface area contributed by atoms with Crippen LogP contribution in [0.15, 0.2) is 21.7 Å². The molecule has 0 aromatic rings. The molecule has 0 spiro atoms. The summed E-state index contributed by atoms with van der Waals surface area (Å²) in [5.41, 5.74) is 1.33. The van der Waals surface area contributed by atoms with E-state index in [0.29, 0.717) is 10.1 Å². The summed E-state index contributed by atoms with van der Waals surface area (Å²) in [6.45, 7) is 6.02. The van der Waals surface area contributed by atoms with Crippen LogP contribution in [0.25, 0.3) is 0 Å². The fraction of sp³-hybridized carbons (Fsp3) is 0.556. The van der Waals surface area contributed by atoms with E-state index in [9.17, 15) is 0 Å². The molecule has 0 saturated heterocycles. The third-order valence-electron chi connectivity index (χ3n) is 1.57. The largest absolute Gasteiger partial charge is 0.0878 e. The van der Waals surface area contributed by atoms with Gasteiger partial charge in [-0.05, 0) is 25.8 Å². The summed E-state index contributed by atoms with van der Waals surface area (Å²) in [6, 6.07) is 0. The van der Waals surface area contributed by atoms with Gasteiger partial charge in [-0.1, -0.05) is 42.6 Å². The molecule has 0 N–H and O–H groups in total. The van der Waals surface area contributed by atoms with Gasteiger partial charge in [0.15, 0.2) is 0 Å². The standard InChI is InChI=1S/C9H14Cl2/c1-4-8(5-2)6-9(11)7(3)10/h6H,4-5H2,1-3H3/b9-7-. The lowest BCUT2D eigenvalue weighted by Crippen LogP contribution is -1.78. The zero-order valence-corrected chi connectivity index (χ0v) is 8.76. The molecule has 0 aromatic heterocycles. The Labute approximate surface area is 78.9 Å². The number of hydrogen-bond donors (Lipinski definition) is 0. The molecule has 0 radical (unpaired) electrons.